The number of pyridine rings is 2. The molecule has 5 rings (SSSR count). The SMILES string of the molecule is CNC(=O)N(c1cc2cc(-c3cnc4c(c3C)N(C(=O)OC(C)(C)C)CCO4)c(F)c(NC(=O)OC(C)(C)C)c2cn1)C1CC1. The fourth-order valence-corrected chi connectivity index (χ4v) is 5.13. The standard InChI is InChI=1S/C32H39FN6O6/c1-17-21(15-36-27-26(17)38(11-12-43-27)30(42)45-32(5,6)7)20-13-18-14-23(39(19-9-10-19)28(40)34-8)35-16-22(18)25(24(20)33)37-29(41)44-31(2,3)4/h13-16,19H,9-12H2,1-8H3,(H,34,40)(H,37,41). The van der Waals surface area contributed by atoms with Crippen LogP contribution in [-0.4, -0.2) is 65.6 Å². The zero-order chi connectivity index (χ0) is 32.8. The van der Waals surface area contributed by atoms with Gasteiger partial charge in [0.2, 0.25) is 5.88 Å². The molecule has 0 atom stereocenters. The average Bonchev–Trinajstić information content (AvgIpc) is 3.78. The molecule has 1 fully saturated rings. The molecule has 240 valence electrons. The second-order valence-electron chi connectivity index (χ2n) is 13.1. The summed E-state index contributed by atoms with van der Waals surface area (Å²) in [7, 11) is 1.55. The van der Waals surface area contributed by atoms with E-state index in [1.807, 2.05) is 0 Å². The number of ether oxygens (including phenoxy) is 3. The summed E-state index contributed by atoms with van der Waals surface area (Å²) < 4.78 is 33.4. The van der Waals surface area contributed by atoms with Crippen LogP contribution < -0.4 is 25.2 Å². The van der Waals surface area contributed by atoms with Crippen LogP contribution in [0.4, 0.5) is 36.0 Å². The van der Waals surface area contributed by atoms with E-state index in [2.05, 4.69) is 20.6 Å². The number of fused-ring (bicyclic) bond motifs is 2. The van der Waals surface area contributed by atoms with Gasteiger partial charge in [-0.25, -0.2) is 28.7 Å². The third kappa shape index (κ3) is 6.71. The Kier molecular flexibility index (Phi) is 8.23. The Labute approximate surface area is 261 Å². The van der Waals surface area contributed by atoms with Gasteiger partial charge in [-0.3, -0.25) is 15.1 Å². The zero-order valence-corrected chi connectivity index (χ0v) is 26.8. The number of carbonyl (C=O) groups excluding carboxylic acids is 3. The van der Waals surface area contributed by atoms with Crippen LogP contribution in [0, 0.1) is 12.7 Å². The fourth-order valence-electron chi connectivity index (χ4n) is 5.13. The van der Waals surface area contributed by atoms with Crippen molar-refractivity contribution in [2.75, 3.05) is 35.3 Å². The molecule has 2 N–H and O–H groups in total. The maximum Gasteiger partial charge on any atom is 0.415 e. The van der Waals surface area contributed by atoms with Crippen LogP contribution >= 0.6 is 0 Å². The Hall–Kier alpha value is -4.68. The van der Waals surface area contributed by atoms with E-state index in [-0.39, 0.29) is 42.4 Å². The number of carbonyl (C=O) groups is 3. The summed E-state index contributed by atoms with van der Waals surface area (Å²) in [5.41, 5.74) is -0.367. The van der Waals surface area contributed by atoms with Gasteiger partial charge in [-0.2, -0.15) is 0 Å². The molecule has 2 aromatic heterocycles. The Balaban J connectivity index is 1.68. The van der Waals surface area contributed by atoms with E-state index in [4.69, 9.17) is 14.2 Å². The van der Waals surface area contributed by atoms with Gasteiger partial charge in [0.15, 0.2) is 5.82 Å². The minimum atomic E-state index is -0.848. The quantitative estimate of drug-likeness (QED) is 0.335. The lowest BCUT2D eigenvalue weighted by molar-refractivity contribution is 0.0565. The number of rotatable bonds is 4. The van der Waals surface area contributed by atoms with Crippen molar-refractivity contribution < 1.29 is 33.0 Å². The molecular formula is C32H39FN6O6. The van der Waals surface area contributed by atoms with Gasteiger partial charge in [-0.15, -0.1) is 0 Å². The molecule has 1 aliphatic heterocycles. The van der Waals surface area contributed by atoms with Crippen molar-refractivity contribution in [3.05, 3.63) is 35.9 Å². The van der Waals surface area contributed by atoms with Crippen molar-refractivity contribution in [3.63, 3.8) is 0 Å². The molecule has 45 heavy (non-hydrogen) atoms. The third-order valence-electron chi connectivity index (χ3n) is 7.16. The number of hydrogen-bond donors (Lipinski definition) is 2. The van der Waals surface area contributed by atoms with Gasteiger partial charge in [0, 0.05) is 42.0 Å². The highest BCUT2D eigenvalue weighted by Crippen LogP contribution is 2.43. The first-order chi connectivity index (χ1) is 21.1. The zero-order valence-electron chi connectivity index (χ0n) is 26.8. The molecule has 1 aliphatic carbocycles. The maximum atomic E-state index is 16.6. The normalized spacial score (nSPS) is 14.7. The van der Waals surface area contributed by atoms with Crippen molar-refractivity contribution in [2.45, 2.75) is 78.6 Å². The van der Waals surface area contributed by atoms with Crippen LogP contribution in [0.5, 0.6) is 5.88 Å². The predicted molar refractivity (Wildman–Crippen MR) is 169 cm³/mol. The molecule has 0 unspecified atom stereocenters. The number of amides is 4. The lowest BCUT2D eigenvalue weighted by atomic mass is 9.96. The number of benzene rings is 1. The highest BCUT2D eigenvalue weighted by Gasteiger charge is 2.35. The number of nitrogens with zero attached hydrogens (tertiary/aromatic N) is 4. The molecule has 13 heteroatoms. The van der Waals surface area contributed by atoms with Gasteiger partial charge in [-0.05, 0) is 84.4 Å². The molecule has 0 bridgehead atoms. The van der Waals surface area contributed by atoms with E-state index in [9.17, 15) is 14.4 Å². The van der Waals surface area contributed by atoms with Crippen molar-refractivity contribution in [2.24, 2.45) is 0 Å². The van der Waals surface area contributed by atoms with E-state index in [1.54, 1.807) is 72.5 Å². The molecule has 2 aliphatic rings. The highest BCUT2D eigenvalue weighted by molar-refractivity contribution is 6.05. The predicted octanol–water partition coefficient (Wildman–Crippen LogP) is 6.53. The molecule has 0 radical (unpaired) electrons. The Morgan fingerprint density at radius 3 is 2.33 bits per heavy atom. The Morgan fingerprint density at radius 1 is 1.02 bits per heavy atom. The summed E-state index contributed by atoms with van der Waals surface area (Å²) in [6.07, 6.45) is 3.15. The van der Waals surface area contributed by atoms with E-state index in [0.717, 1.165) is 12.8 Å². The van der Waals surface area contributed by atoms with Crippen LogP contribution in [0.3, 0.4) is 0 Å². The summed E-state index contributed by atoms with van der Waals surface area (Å²) >= 11 is 0. The van der Waals surface area contributed by atoms with Crippen LogP contribution in [0.25, 0.3) is 21.9 Å². The largest absolute Gasteiger partial charge is 0.474 e. The summed E-state index contributed by atoms with van der Waals surface area (Å²) in [4.78, 5) is 50.8. The topological polar surface area (TPSA) is 135 Å². The van der Waals surface area contributed by atoms with Gasteiger partial charge < -0.3 is 19.5 Å². The second-order valence-corrected chi connectivity index (χ2v) is 13.1. The molecule has 0 saturated heterocycles. The van der Waals surface area contributed by atoms with Crippen LogP contribution in [0.2, 0.25) is 0 Å². The van der Waals surface area contributed by atoms with Gasteiger partial charge in [0.05, 0.1) is 12.2 Å². The molecule has 3 aromatic rings. The number of aromatic nitrogens is 2. The lowest BCUT2D eigenvalue weighted by Gasteiger charge is -2.32. The van der Waals surface area contributed by atoms with E-state index >= 15 is 4.39 Å². The van der Waals surface area contributed by atoms with Crippen LogP contribution in [0.1, 0.15) is 59.9 Å². The summed E-state index contributed by atoms with van der Waals surface area (Å²) in [6.45, 7) is 12.6. The first-order valence-electron chi connectivity index (χ1n) is 14.8. The van der Waals surface area contributed by atoms with Crippen molar-refractivity contribution in [1.82, 2.24) is 15.3 Å². The van der Waals surface area contributed by atoms with Crippen molar-refractivity contribution in [3.8, 4) is 17.0 Å². The summed E-state index contributed by atoms with van der Waals surface area (Å²) in [5, 5.41) is 6.04. The van der Waals surface area contributed by atoms with E-state index in [0.29, 0.717) is 33.4 Å². The van der Waals surface area contributed by atoms with Gasteiger partial charge in [0.1, 0.15) is 29.3 Å². The number of halogens is 1. The van der Waals surface area contributed by atoms with Gasteiger partial charge in [0.25, 0.3) is 0 Å². The van der Waals surface area contributed by atoms with Crippen LogP contribution in [0.15, 0.2) is 24.5 Å². The van der Waals surface area contributed by atoms with Gasteiger partial charge >= 0.3 is 18.2 Å². The summed E-state index contributed by atoms with van der Waals surface area (Å²) in [6, 6.07) is 2.99. The summed E-state index contributed by atoms with van der Waals surface area (Å²) in [5.74, 6) is -0.146. The lowest BCUT2D eigenvalue weighted by Crippen LogP contribution is -2.42. The fraction of sp³-hybridized carbons (Fsp3) is 0.469. The smallest absolute Gasteiger partial charge is 0.415 e. The average molecular weight is 623 g/mol. The molecule has 0 spiro atoms. The molecule has 4 amide bonds. The highest BCUT2D eigenvalue weighted by atomic mass is 19.1. The third-order valence-corrected chi connectivity index (χ3v) is 7.16. The minimum Gasteiger partial charge on any atom is -0.474 e. The van der Waals surface area contributed by atoms with Crippen molar-refractivity contribution >= 4 is 46.2 Å². The second kappa shape index (κ2) is 11.7. The molecule has 1 aromatic carbocycles. The minimum absolute atomic E-state index is 0.0000973. The van der Waals surface area contributed by atoms with Crippen molar-refractivity contribution in [1.29, 1.82) is 0 Å². The van der Waals surface area contributed by atoms with Gasteiger partial charge in [-0.1, -0.05) is 0 Å². The molecule has 1 saturated carbocycles. The number of nitrogens with one attached hydrogen (secondary N) is 2. The monoisotopic (exact) mass is 622 g/mol. The Bertz CT molecular complexity index is 1680. The number of anilines is 3. The molecule has 12 nitrogen and oxygen atoms in total. The first kappa shape index (κ1) is 31.7. The maximum absolute atomic E-state index is 16.6. The molecule has 3 heterocycles. The van der Waals surface area contributed by atoms with Crippen LogP contribution in [-0.2, 0) is 9.47 Å². The Morgan fingerprint density at radius 2 is 1.71 bits per heavy atom. The van der Waals surface area contributed by atoms with E-state index in [1.165, 1.54) is 17.3 Å². The van der Waals surface area contributed by atoms with E-state index < -0.39 is 29.2 Å². The number of urea groups is 1. The first-order valence-corrected chi connectivity index (χ1v) is 14.8. The number of hydrogen-bond acceptors (Lipinski definition) is 8. The molecular weight excluding hydrogens is 583 g/mol.